The number of carbonyl (C=O) groups excluding carboxylic acids is 1. The van der Waals surface area contributed by atoms with Crippen molar-refractivity contribution in [1.29, 1.82) is 0 Å². The third-order valence-corrected chi connectivity index (χ3v) is 6.79. The molecule has 0 radical (unpaired) electrons. The van der Waals surface area contributed by atoms with Gasteiger partial charge in [0, 0.05) is 11.8 Å². The first-order valence-electron chi connectivity index (χ1n) is 11.1. The molecule has 1 unspecified atom stereocenters. The minimum Gasteiger partial charge on any atom is -0.397 e. The lowest BCUT2D eigenvalue weighted by Crippen LogP contribution is -2.38. The summed E-state index contributed by atoms with van der Waals surface area (Å²) < 4.78 is 1.79. The van der Waals surface area contributed by atoms with E-state index in [0.29, 0.717) is 33.5 Å². The molecule has 3 N–H and O–H groups in total. The highest BCUT2D eigenvalue weighted by molar-refractivity contribution is 6.42. The predicted molar refractivity (Wildman–Crippen MR) is 142 cm³/mol. The first kappa shape index (κ1) is 23.0. The maximum atomic E-state index is 14.4. The lowest BCUT2D eigenvalue weighted by molar-refractivity contribution is -0.115. The van der Waals surface area contributed by atoms with E-state index in [9.17, 15) is 4.79 Å². The summed E-state index contributed by atoms with van der Waals surface area (Å²) in [6.07, 6.45) is 1.70. The van der Waals surface area contributed by atoms with Gasteiger partial charge in [0.15, 0.2) is 0 Å². The first-order chi connectivity index (χ1) is 16.9. The Morgan fingerprint density at radius 2 is 1.77 bits per heavy atom. The molecule has 2 heterocycles. The van der Waals surface area contributed by atoms with E-state index in [0.717, 1.165) is 22.6 Å². The number of allylic oxidation sites excluding steroid dienone is 1. The SMILES string of the molecule is CC1=C(C(=O)N(Cc2ccccc2)c2ccccc2N)C(c2ccc(Cl)c(Cl)c2)n2nccc2N1. The third kappa shape index (κ3) is 4.38. The Morgan fingerprint density at radius 1 is 1.03 bits per heavy atom. The summed E-state index contributed by atoms with van der Waals surface area (Å²) in [5.74, 6) is 0.595. The number of amides is 1. The summed E-state index contributed by atoms with van der Waals surface area (Å²) in [7, 11) is 0. The highest BCUT2D eigenvalue weighted by Gasteiger charge is 2.36. The van der Waals surface area contributed by atoms with Gasteiger partial charge >= 0.3 is 0 Å². The maximum Gasteiger partial charge on any atom is 0.258 e. The van der Waals surface area contributed by atoms with Crippen molar-refractivity contribution < 1.29 is 4.79 Å². The van der Waals surface area contributed by atoms with Crippen molar-refractivity contribution in [1.82, 2.24) is 9.78 Å². The molecule has 6 nitrogen and oxygen atoms in total. The van der Waals surface area contributed by atoms with Gasteiger partial charge < -0.3 is 16.0 Å². The van der Waals surface area contributed by atoms with E-state index in [-0.39, 0.29) is 5.91 Å². The van der Waals surface area contributed by atoms with E-state index >= 15 is 0 Å². The van der Waals surface area contributed by atoms with Crippen molar-refractivity contribution in [3.05, 3.63) is 118 Å². The minimum atomic E-state index is -0.508. The quantitative estimate of drug-likeness (QED) is 0.313. The lowest BCUT2D eigenvalue weighted by Gasteiger charge is -2.33. The number of hydrogen-bond acceptors (Lipinski definition) is 4. The van der Waals surface area contributed by atoms with E-state index in [2.05, 4.69) is 10.4 Å². The van der Waals surface area contributed by atoms with Crippen molar-refractivity contribution in [2.45, 2.75) is 19.5 Å². The zero-order valence-electron chi connectivity index (χ0n) is 19.0. The van der Waals surface area contributed by atoms with Crippen molar-refractivity contribution in [2.24, 2.45) is 0 Å². The minimum absolute atomic E-state index is 0.186. The molecule has 4 aromatic rings. The van der Waals surface area contributed by atoms with Crippen LogP contribution in [0.4, 0.5) is 17.2 Å². The van der Waals surface area contributed by atoms with Crippen LogP contribution in [0.5, 0.6) is 0 Å². The van der Waals surface area contributed by atoms with E-state index < -0.39 is 6.04 Å². The highest BCUT2D eigenvalue weighted by atomic mass is 35.5. The Kier molecular flexibility index (Phi) is 6.24. The van der Waals surface area contributed by atoms with E-state index in [1.54, 1.807) is 34.0 Å². The van der Waals surface area contributed by atoms with Gasteiger partial charge in [-0.05, 0) is 42.3 Å². The zero-order valence-corrected chi connectivity index (χ0v) is 20.5. The molecule has 5 rings (SSSR count). The molecular formula is C27H23Cl2N5O. The van der Waals surface area contributed by atoms with Crippen molar-refractivity contribution in [3.63, 3.8) is 0 Å². The molecule has 0 bridgehead atoms. The summed E-state index contributed by atoms with van der Waals surface area (Å²) in [5.41, 5.74) is 10.6. The Labute approximate surface area is 213 Å². The van der Waals surface area contributed by atoms with E-state index in [1.807, 2.05) is 67.6 Å². The molecule has 0 fully saturated rings. The average Bonchev–Trinajstić information content (AvgIpc) is 3.32. The molecule has 1 aromatic heterocycles. The van der Waals surface area contributed by atoms with Crippen LogP contribution in [0.1, 0.15) is 24.1 Å². The molecule has 8 heteroatoms. The second-order valence-electron chi connectivity index (χ2n) is 8.34. The number of halogens is 2. The lowest BCUT2D eigenvalue weighted by atomic mass is 9.94. The molecule has 1 amide bonds. The summed E-state index contributed by atoms with van der Waals surface area (Å²) >= 11 is 12.6. The number of aromatic nitrogens is 2. The van der Waals surface area contributed by atoms with Crippen LogP contribution in [0.2, 0.25) is 10.0 Å². The largest absolute Gasteiger partial charge is 0.397 e. The topological polar surface area (TPSA) is 76.2 Å². The van der Waals surface area contributed by atoms with Gasteiger partial charge in [0.05, 0.1) is 39.7 Å². The van der Waals surface area contributed by atoms with Crippen LogP contribution in [0, 0.1) is 0 Å². The number of para-hydroxylation sites is 2. The molecule has 1 aliphatic heterocycles. The number of nitrogens with two attached hydrogens (primary N) is 1. The number of nitrogens with one attached hydrogen (secondary N) is 1. The molecule has 0 spiro atoms. The Hall–Kier alpha value is -3.74. The molecular weight excluding hydrogens is 481 g/mol. The Balaban J connectivity index is 1.65. The fraction of sp³-hybridized carbons (Fsp3) is 0.111. The van der Waals surface area contributed by atoms with Crippen LogP contribution in [0.3, 0.4) is 0 Å². The maximum absolute atomic E-state index is 14.4. The summed E-state index contributed by atoms with van der Waals surface area (Å²) in [6, 6.07) is 24.0. The molecule has 0 aliphatic carbocycles. The molecule has 35 heavy (non-hydrogen) atoms. The molecule has 1 atom stereocenters. The molecule has 176 valence electrons. The second-order valence-corrected chi connectivity index (χ2v) is 9.15. The molecule has 3 aromatic carbocycles. The summed E-state index contributed by atoms with van der Waals surface area (Å²) in [6.45, 7) is 2.24. The fourth-order valence-corrected chi connectivity index (χ4v) is 4.69. The number of carbonyl (C=O) groups is 1. The van der Waals surface area contributed by atoms with Crippen LogP contribution < -0.4 is 16.0 Å². The summed E-state index contributed by atoms with van der Waals surface area (Å²) in [4.78, 5) is 16.1. The van der Waals surface area contributed by atoms with Crippen LogP contribution in [0.25, 0.3) is 0 Å². The third-order valence-electron chi connectivity index (χ3n) is 6.05. The van der Waals surface area contributed by atoms with Crippen LogP contribution >= 0.6 is 23.2 Å². The molecule has 1 aliphatic rings. The van der Waals surface area contributed by atoms with Gasteiger partial charge in [-0.1, -0.05) is 71.7 Å². The number of anilines is 3. The molecule has 0 saturated carbocycles. The van der Waals surface area contributed by atoms with Crippen molar-refractivity contribution in [3.8, 4) is 0 Å². The van der Waals surface area contributed by atoms with Gasteiger partial charge in [0.25, 0.3) is 5.91 Å². The number of nitrogen functional groups attached to an aromatic ring is 1. The van der Waals surface area contributed by atoms with Crippen LogP contribution in [0.15, 0.2) is 96.3 Å². The highest BCUT2D eigenvalue weighted by Crippen LogP contribution is 2.39. The summed E-state index contributed by atoms with van der Waals surface area (Å²) in [5, 5.41) is 8.70. The van der Waals surface area contributed by atoms with E-state index in [4.69, 9.17) is 28.9 Å². The zero-order chi connectivity index (χ0) is 24.5. The first-order valence-corrected chi connectivity index (χ1v) is 11.9. The number of rotatable bonds is 5. The average molecular weight is 504 g/mol. The normalized spacial score (nSPS) is 14.9. The number of benzene rings is 3. The van der Waals surface area contributed by atoms with Gasteiger partial charge in [0.1, 0.15) is 11.9 Å². The monoisotopic (exact) mass is 503 g/mol. The van der Waals surface area contributed by atoms with Crippen molar-refractivity contribution in [2.75, 3.05) is 16.0 Å². The standard InChI is InChI=1S/C27H23Cl2N5O/c1-17-25(26(34-24(32-17)13-14-31-34)19-11-12-20(28)21(29)15-19)27(35)33(16-18-7-3-2-4-8-18)23-10-6-5-9-22(23)30/h2-15,26,32H,16,30H2,1H3. The number of hydrogen-bond donors (Lipinski definition) is 2. The Morgan fingerprint density at radius 3 is 2.51 bits per heavy atom. The second kappa shape index (κ2) is 9.49. The van der Waals surface area contributed by atoms with Crippen LogP contribution in [-0.4, -0.2) is 15.7 Å². The predicted octanol–water partition coefficient (Wildman–Crippen LogP) is 6.29. The van der Waals surface area contributed by atoms with Gasteiger partial charge in [-0.15, -0.1) is 0 Å². The molecule has 0 saturated heterocycles. The fourth-order valence-electron chi connectivity index (χ4n) is 4.38. The Bertz CT molecular complexity index is 1430. The smallest absolute Gasteiger partial charge is 0.258 e. The number of nitrogens with zero attached hydrogens (tertiary/aromatic N) is 3. The number of fused-ring (bicyclic) bond motifs is 1. The van der Waals surface area contributed by atoms with Crippen LogP contribution in [-0.2, 0) is 11.3 Å². The van der Waals surface area contributed by atoms with Gasteiger partial charge in [-0.3, -0.25) is 4.79 Å². The van der Waals surface area contributed by atoms with Crippen molar-refractivity contribution >= 4 is 46.3 Å². The van der Waals surface area contributed by atoms with E-state index in [1.165, 1.54) is 0 Å². The van der Waals surface area contributed by atoms with Gasteiger partial charge in [0.2, 0.25) is 0 Å². The van der Waals surface area contributed by atoms with Gasteiger partial charge in [-0.25, -0.2) is 4.68 Å². The van der Waals surface area contributed by atoms with Gasteiger partial charge in [-0.2, -0.15) is 5.10 Å².